The minimum atomic E-state index is -0.448. The van der Waals surface area contributed by atoms with Gasteiger partial charge in [0.2, 0.25) is 0 Å². The third kappa shape index (κ3) is 2.17. The zero-order valence-electron chi connectivity index (χ0n) is 11.0. The molecule has 1 aromatic rings. The van der Waals surface area contributed by atoms with Crippen molar-refractivity contribution in [1.29, 1.82) is 0 Å². The van der Waals surface area contributed by atoms with E-state index in [9.17, 15) is 5.11 Å². The summed E-state index contributed by atoms with van der Waals surface area (Å²) in [6.45, 7) is 7.90. The Morgan fingerprint density at radius 1 is 1.41 bits per heavy atom. The molecule has 3 heteroatoms. The largest absolute Gasteiger partial charge is 0.496 e. The number of benzene rings is 1. The van der Waals surface area contributed by atoms with E-state index in [1.165, 1.54) is 5.56 Å². The summed E-state index contributed by atoms with van der Waals surface area (Å²) in [5, 5.41) is 10.3. The second-order valence-corrected chi connectivity index (χ2v) is 5.03. The summed E-state index contributed by atoms with van der Waals surface area (Å²) in [5.41, 5.74) is 3.24. The van der Waals surface area contributed by atoms with Gasteiger partial charge >= 0.3 is 0 Å². The Morgan fingerprint density at radius 3 is 2.71 bits per heavy atom. The van der Waals surface area contributed by atoms with Gasteiger partial charge in [0, 0.05) is 24.7 Å². The van der Waals surface area contributed by atoms with Crippen LogP contribution in [0.3, 0.4) is 0 Å². The van der Waals surface area contributed by atoms with Gasteiger partial charge in [0.25, 0.3) is 0 Å². The van der Waals surface area contributed by atoms with Gasteiger partial charge in [-0.25, -0.2) is 0 Å². The fourth-order valence-corrected chi connectivity index (χ4v) is 2.51. The predicted octanol–water partition coefficient (Wildman–Crippen LogP) is 2.26. The number of aliphatic hydroxyl groups excluding tert-OH is 1. The summed E-state index contributed by atoms with van der Waals surface area (Å²) in [7, 11) is 1.67. The topological polar surface area (TPSA) is 32.7 Å². The summed E-state index contributed by atoms with van der Waals surface area (Å²) in [5.74, 6) is 0.846. The van der Waals surface area contributed by atoms with Gasteiger partial charge in [0.1, 0.15) is 5.75 Å². The summed E-state index contributed by atoms with van der Waals surface area (Å²) in [6.07, 6.45) is -0.448. The van der Waals surface area contributed by atoms with E-state index in [4.69, 9.17) is 4.74 Å². The second kappa shape index (κ2) is 4.67. The van der Waals surface area contributed by atoms with Gasteiger partial charge in [-0.05, 0) is 31.9 Å². The molecule has 0 aliphatic carbocycles. The lowest BCUT2D eigenvalue weighted by Gasteiger charge is -2.35. The molecule has 1 aromatic carbocycles. The maximum Gasteiger partial charge on any atom is 0.127 e. The van der Waals surface area contributed by atoms with Gasteiger partial charge in [-0.2, -0.15) is 0 Å². The Morgan fingerprint density at radius 2 is 2.12 bits per heavy atom. The predicted molar refractivity (Wildman–Crippen MR) is 68.2 cm³/mol. The number of ether oxygens (including phenoxy) is 1. The fraction of sp³-hybridized carbons (Fsp3) is 0.571. The molecule has 1 heterocycles. The van der Waals surface area contributed by atoms with Crippen LogP contribution in [-0.4, -0.2) is 29.7 Å². The lowest BCUT2D eigenvalue weighted by molar-refractivity contribution is 0.0721. The molecular formula is C14H21NO2. The first kappa shape index (κ1) is 12.4. The molecule has 0 spiro atoms. The van der Waals surface area contributed by atoms with E-state index >= 15 is 0 Å². The average Bonchev–Trinajstić information content (AvgIpc) is 2.29. The van der Waals surface area contributed by atoms with Crippen LogP contribution in [0.5, 0.6) is 5.75 Å². The second-order valence-electron chi connectivity index (χ2n) is 5.03. The van der Waals surface area contributed by atoms with Crippen LogP contribution < -0.4 is 4.74 Å². The van der Waals surface area contributed by atoms with Crippen molar-refractivity contribution in [2.24, 2.45) is 0 Å². The maximum absolute atomic E-state index is 10.3. The van der Waals surface area contributed by atoms with E-state index in [1.54, 1.807) is 7.11 Å². The summed E-state index contributed by atoms with van der Waals surface area (Å²) >= 11 is 0. The molecular weight excluding hydrogens is 214 g/mol. The van der Waals surface area contributed by atoms with Crippen molar-refractivity contribution in [3.63, 3.8) is 0 Å². The third-order valence-corrected chi connectivity index (χ3v) is 3.53. The number of β-amino-alcohol motifs (C(OH)–C–C–N with tert-alkyl or cyclic N) is 1. The minimum Gasteiger partial charge on any atom is -0.496 e. The molecule has 0 amide bonds. The van der Waals surface area contributed by atoms with Gasteiger partial charge in [-0.15, -0.1) is 0 Å². The Hall–Kier alpha value is -1.06. The van der Waals surface area contributed by atoms with Gasteiger partial charge in [0.05, 0.1) is 13.2 Å². The van der Waals surface area contributed by atoms with E-state index in [0.717, 1.165) is 23.4 Å². The smallest absolute Gasteiger partial charge is 0.127 e. The highest BCUT2D eigenvalue weighted by Gasteiger charge is 2.28. The van der Waals surface area contributed by atoms with Crippen molar-refractivity contribution in [3.05, 3.63) is 28.8 Å². The lowest BCUT2D eigenvalue weighted by Crippen LogP contribution is -2.38. The monoisotopic (exact) mass is 235 g/mol. The van der Waals surface area contributed by atoms with E-state index in [2.05, 4.69) is 30.9 Å². The first-order valence-corrected chi connectivity index (χ1v) is 6.13. The molecule has 0 bridgehead atoms. The number of hydrogen-bond acceptors (Lipinski definition) is 3. The fourth-order valence-electron chi connectivity index (χ4n) is 2.51. The number of aryl methyl sites for hydroxylation is 1. The van der Waals surface area contributed by atoms with E-state index < -0.39 is 6.10 Å². The van der Waals surface area contributed by atoms with Crippen molar-refractivity contribution in [3.8, 4) is 5.75 Å². The van der Waals surface area contributed by atoms with Crippen molar-refractivity contribution in [2.45, 2.75) is 39.5 Å². The van der Waals surface area contributed by atoms with Gasteiger partial charge in [-0.1, -0.05) is 12.1 Å². The lowest BCUT2D eigenvalue weighted by atomic mass is 9.93. The van der Waals surface area contributed by atoms with Crippen LogP contribution in [-0.2, 0) is 6.54 Å². The van der Waals surface area contributed by atoms with E-state index in [1.807, 2.05) is 6.92 Å². The molecule has 1 atom stereocenters. The van der Waals surface area contributed by atoms with Crippen LogP contribution in [0.25, 0.3) is 0 Å². The van der Waals surface area contributed by atoms with Crippen molar-refractivity contribution >= 4 is 0 Å². The Balaban J connectivity index is 2.44. The van der Waals surface area contributed by atoms with E-state index in [0.29, 0.717) is 12.6 Å². The standard InChI is InChI=1S/C14H21NO2/c1-9(2)15-7-11-6-5-10(3)14(17-4)13(11)12(16)8-15/h5-6,9,12,16H,7-8H2,1-4H3. The van der Waals surface area contributed by atoms with Crippen molar-refractivity contribution < 1.29 is 9.84 Å². The first-order valence-electron chi connectivity index (χ1n) is 6.13. The zero-order chi connectivity index (χ0) is 12.6. The molecule has 0 aromatic heterocycles. The van der Waals surface area contributed by atoms with Crippen LogP contribution in [0.1, 0.15) is 36.6 Å². The molecule has 0 saturated carbocycles. The van der Waals surface area contributed by atoms with Gasteiger partial charge < -0.3 is 9.84 Å². The highest BCUT2D eigenvalue weighted by atomic mass is 16.5. The molecule has 0 fully saturated rings. The molecule has 94 valence electrons. The molecule has 17 heavy (non-hydrogen) atoms. The summed E-state index contributed by atoms with van der Waals surface area (Å²) in [6, 6.07) is 4.61. The molecule has 0 radical (unpaired) electrons. The SMILES string of the molecule is COc1c(C)ccc2c1C(O)CN(C(C)C)C2. The summed E-state index contributed by atoms with van der Waals surface area (Å²) in [4.78, 5) is 2.28. The molecule has 1 aliphatic heterocycles. The zero-order valence-corrected chi connectivity index (χ0v) is 11.0. The number of rotatable bonds is 2. The highest BCUT2D eigenvalue weighted by Crippen LogP contribution is 2.36. The molecule has 3 nitrogen and oxygen atoms in total. The average molecular weight is 235 g/mol. The normalized spacial score (nSPS) is 20.5. The molecule has 2 rings (SSSR count). The van der Waals surface area contributed by atoms with Crippen molar-refractivity contribution in [1.82, 2.24) is 4.90 Å². The van der Waals surface area contributed by atoms with Crippen LogP contribution in [0.4, 0.5) is 0 Å². The maximum atomic E-state index is 10.3. The Bertz CT molecular complexity index is 415. The van der Waals surface area contributed by atoms with Crippen molar-refractivity contribution in [2.75, 3.05) is 13.7 Å². The Kier molecular flexibility index (Phi) is 3.40. The molecule has 1 unspecified atom stereocenters. The number of nitrogens with zero attached hydrogens (tertiary/aromatic N) is 1. The van der Waals surface area contributed by atoms with Crippen LogP contribution in [0.2, 0.25) is 0 Å². The van der Waals surface area contributed by atoms with Crippen LogP contribution in [0.15, 0.2) is 12.1 Å². The number of aliphatic hydroxyl groups is 1. The molecule has 0 saturated heterocycles. The number of hydrogen-bond donors (Lipinski definition) is 1. The van der Waals surface area contributed by atoms with Gasteiger partial charge in [-0.3, -0.25) is 4.90 Å². The van der Waals surface area contributed by atoms with Crippen LogP contribution in [0, 0.1) is 6.92 Å². The molecule has 1 aliphatic rings. The quantitative estimate of drug-likeness (QED) is 0.853. The van der Waals surface area contributed by atoms with E-state index in [-0.39, 0.29) is 0 Å². The highest BCUT2D eigenvalue weighted by molar-refractivity contribution is 5.48. The minimum absolute atomic E-state index is 0.448. The molecule has 1 N–H and O–H groups in total. The first-order chi connectivity index (χ1) is 8.04. The number of fused-ring (bicyclic) bond motifs is 1. The number of methoxy groups -OCH3 is 1. The summed E-state index contributed by atoms with van der Waals surface area (Å²) < 4.78 is 5.43. The van der Waals surface area contributed by atoms with Crippen LogP contribution >= 0.6 is 0 Å². The third-order valence-electron chi connectivity index (χ3n) is 3.53. The van der Waals surface area contributed by atoms with Gasteiger partial charge in [0.15, 0.2) is 0 Å². The Labute approximate surface area is 103 Å².